The molecule has 45 heavy (non-hydrogen) atoms. The van der Waals surface area contributed by atoms with Crippen molar-refractivity contribution in [1.29, 1.82) is 0 Å². The van der Waals surface area contributed by atoms with Crippen LogP contribution in [0.25, 0.3) is 10.9 Å². The standard InChI is InChI=1S/C28H24FN3O5.C4H4O4/c1-35-24-15-21-22(16-25(24)36-2)30-14-11-23(21)37-20-9-7-19(8-10-20)32-27(34)28(12-13-28)26(33)31-18-5-3-17(29)4-6-18;5-3(6)1-2-4(7)8/h3-11,14-16H,12-13H2,1-2H3,(H,31,33)(H,32,34);1-2H,(H,5,6)(H,7,8)/b;2-1+. The van der Waals surface area contributed by atoms with Gasteiger partial charge in [-0.15, -0.1) is 0 Å². The second-order valence-electron chi connectivity index (χ2n) is 9.67. The van der Waals surface area contributed by atoms with Gasteiger partial charge in [0.05, 0.1) is 19.7 Å². The number of carboxylic acid groups (broad SMARTS) is 2. The summed E-state index contributed by atoms with van der Waals surface area (Å²) in [6.45, 7) is 0. The average Bonchev–Trinajstić information content (AvgIpc) is 3.84. The number of hydrogen-bond donors (Lipinski definition) is 4. The Balaban J connectivity index is 0.000000510. The van der Waals surface area contributed by atoms with Crippen molar-refractivity contribution in [1.82, 2.24) is 4.98 Å². The van der Waals surface area contributed by atoms with Gasteiger partial charge in [0.1, 0.15) is 22.7 Å². The lowest BCUT2D eigenvalue weighted by molar-refractivity contribution is -0.134. The van der Waals surface area contributed by atoms with Gasteiger partial charge in [0, 0.05) is 41.2 Å². The van der Waals surface area contributed by atoms with E-state index in [4.69, 9.17) is 24.4 Å². The highest BCUT2D eigenvalue weighted by Crippen LogP contribution is 2.47. The number of carbonyl (C=O) groups is 4. The summed E-state index contributed by atoms with van der Waals surface area (Å²) in [5.74, 6) is -1.45. The molecule has 232 valence electrons. The highest BCUT2D eigenvalue weighted by atomic mass is 19.1. The van der Waals surface area contributed by atoms with E-state index in [1.54, 1.807) is 62.9 Å². The van der Waals surface area contributed by atoms with E-state index < -0.39 is 29.1 Å². The third-order valence-corrected chi connectivity index (χ3v) is 6.64. The molecule has 1 aliphatic carbocycles. The van der Waals surface area contributed by atoms with Crippen molar-refractivity contribution in [3.8, 4) is 23.0 Å². The largest absolute Gasteiger partial charge is 0.493 e. The third-order valence-electron chi connectivity index (χ3n) is 6.64. The van der Waals surface area contributed by atoms with Crippen LogP contribution < -0.4 is 24.8 Å². The smallest absolute Gasteiger partial charge is 0.328 e. The van der Waals surface area contributed by atoms with Gasteiger partial charge >= 0.3 is 11.9 Å². The number of aliphatic carboxylic acids is 2. The van der Waals surface area contributed by atoms with E-state index in [0.717, 1.165) is 5.39 Å². The summed E-state index contributed by atoms with van der Waals surface area (Å²) in [5.41, 5.74) is 0.517. The zero-order chi connectivity index (χ0) is 32.6. The summed E-state index contributed by atoms with van der Waals surface area (Å²) in [6.07, 6.45) is 3.64. The van der Waals surface area contributed by atoms with Gasteiger partial charge in [-0.05, 0) is 73.5 Å². The molecule has 1 heterocycles. The van der Waals surface area contributed by atoms with Crippen molar-refractivity contribution < 1.29 is 48.0 Å². The summed E-state index contributed by atoms with van der Waals surface area (Å²) in [7, 11) is 3.12. The van der Waals surface area contributed by atoms with Gasteiger partial charge in [-0.2, -0.15) is 0 Å². The summed E-state index contributed by atoms with van der Waals surface area (Å²) < 4.78 is 29.9. The Hall–Kier alpha value is -5.98. The molecule has 0 saturated heterocycles. The van der Waals surface area contributed by atoms with Crippen LogP contribution in [0.1, 0.15) is 12.8 Å². The predicted molar refractivity (Wildman–Crippen MR) is 161 cm³/mol. The molecule has 0 aliphatic heterocycles. The van der Waals surface area contributed by atoms with Crippen LogP contribution >= 0.6 is 0 Å². The van der Waals surface area contributed by atoms with Crippen LogP contribution in [0.5, 0.6) is 23.0 Å². The molecule has 4 N–H and O–H groups in total. The maximum atomic E-state index is 13.1. The Morgan fingerprint density at radius 2 is 1.29 bits per heavy atom. The number of fused-ring (bicyclic) bond motifs is 1. The van der Waals surface area contributed by atoms with Gasteiger partial charge in [-0.25, -0.2) is 14.0 Å². The van der Waals surface area contributed by atoms with Crippen molar-refractivity contribution in [3.05, 3.63) is 90.9 Å². The molecule has 0 radical (unpaired) electrons. The Morgan fingerprint density at radius 3 is 1.78 bits per heavy atom. The molecule has 1 aromatic heterocycles. The van der Waals surface area contributed by atoms with Gasteiger partial charge in [0.15, 0.2) is 11.5 Å². The number of methoxy groups -OCH3 is 2. The number of ether oxygens (including phenoxy) is 3. The molecule has 13 heteroatoms. The number of carbonyl (C=O) groups excluding carboxylic acids is 2. The topological polar surface area (TPSA) is 173 Å². The molecule has 0 unspecified atom stereocenters. The first-order chi connectivity index (χ1) is 21.5. The molecule has 5 rings (SSSR count). The van der Waals surface area contributed by atoms with E-state index >= 15 is 0 Å². The van der Waals surface area contributed by atoms with Crippen LogP contribution in [0.4, 0.5) is 15.8 Å². The maximum absolute atomic E-state index is 13.1. The Morgan fingerprint density at radius 1 is 0.778 bits per heavy atom. The first kappa shape index (κ1) is 31.9. The van der Waals surface area contributed by atoms with E-state index in [0.29, 0.717) is 64.9 Å². The molecular weight excluding hydrogens is 589 g/mol. The quantitative estimate of drug-likeness (QED) is 0.136. The number of amides is 2. The fourth-order valence-corrected chi connectivity index (χ4v) is 4.13. The highest BCUT2D eigenvalue weighted by Gasteiger charge is 2.56. The minimum atomic E-state index is -1.26. The second kappa shape index (κ2) is 14.0. The van der Waals surface area contributed by atoms with Crippen LogP contribution in [0, 0.1) is 11.2 Å². The van der Waals surface area contributed by atoms with E-state index in [-0.39, 0.29) is 5.91 Å². The molecule has 4 aromatic rings. The number of aromatic nitrogens is 1. The number of halogens is 1. The van der Waals surface area contributed by atoms with Crippen LogP contribution in [-0.2, 0) is 19.2 Å². The van der Waals surface area contributed by atoms with Crippen molar-refractivity contribution in [3.63, 3.8) is 0 Å². The average molecular weight is 618 g/mol. The summed E-state index contributed by atoms with van der Waals surface area (Å²) in [4.78, 5) is 49.2. The van der Waals surface area contributed by atoms with E-state index in [9.17, 15) is 23.6 Å². The lowest BCUT2D eigenvalue weighted by atomic mass is 10.0. The van der Waals surface area contributed by atoms with Crippen LogP contribution in [-0.4, -0.2) is 53.2 Å². The SMILES string of the molecule is COc1cc2nccc(Oc3ccc(NC(=O)C4(C(=O)Nc5ccc(F)cc5)CC4)cc3)c2cc1OC.O=C(O)/C=C/C(=O)O. The van der Waals surface area contributed by atoms with Gasteiger partial charge in [0.25, 0.3) is 0 Å². The highest BCUT2D eigenvalue weighted by molar-refractivity contribution is 6.16. The van der Waals surface area contributed by atoms with Crippen LogP contribution in [0.3, 0.4) is 0 Å². The Labute approximate surface area is 256 Å². The van der Waals surface area contributed by atoms with Gasteiger partial charge in [-0.3, -0.25) is 14.6 Å². The minimum absolute atomic E-state index is 0.387. The van der Waals surface area contributed by atoms with Crippen molar-refractivity contribution in [2.24, 2.45) is 5.41 Å². The number of benzene rings is 3. The summed E-state index contributed by atoms with van der Waals surface area (Å²) >= 11 is 0. The van der Waals surface area contributed by atoms with E-state index in [2.05, 4.69) is 15.6 Å². The summed E-state index contributed by atoms with van der Waals surface area (Å²) in [5, 5.41) is 21.9. The molecule has 1 saturated carbocycles. The zero-order valence-corrected chi connectivity index (χ0v) is 24.1. The van der Waals surface area contributed by atoms with Gasteiger partial charge in [-0.1, -0.05) is 0 Å². The number of carboxylic acids is 2. The number of hydrogen-bond acceptors (Lipinski definition) is 8. The Kier molecular flexibility index (Phi) is 9.93. The normalized spacial score (nSPS) is 12.8. The molecule has 2 amide bonds. The van der Waals surface area contributed by atoms with E-state index in [1.165, 1.54) is 24.3 Å². The molecule has 0 bridgehead atoms. The minimum Gasteiger partial charge on any atom is -0.493 e. The van der Waals surface area contributed by atoms with Crippen molar-refractivity contribution >= 4 is 46.0 Å². The molecule has 3 aromatic carbocycles. The second-order valence-corrected chi connectivity index (χ2v) is 9.67. The van der Waals surface area contributed by atoms with Crippen LogP contribution in [0.15, 0.2) is 85.1 Å². The van der Waals surface area contributed by atoms with Crippen molar-refractivity contribution in [2.75, 3.05) is 24.9 Å². The Bertz CT molecular complexity index is 1740. The fraction of sp³-hybridized carbons (Fsp3) is 0.156. The molecular formula is C32H28FN3O9. The summed E-state index contributed by atoms with van der Waals surface area (Å²) in [6, 6.07) is 17.6. The lowest BCUT2D eigenvalue weighted by Gasteiger charge is -2.16. The predicted octanol–water partition coefficient (Wildman–Crippen LogP) is 5.25. The number of anilines is 2. The fourth-order valence-electron chi connectivity index (χ4n) is 4.13. The zero-order valence-electron chi connectivity index (χ0n) is 24.1. The molecule has 12 nitrogen and oxygen atoms in total. The van der Waals surface area contributed by atoms with Gasteiger partial charge < -0.3 is 35.1 Å². The molecule has 0 atom stereocenters. The van der Waals surface area contributed by atoms with Gasteiger partial charge in [0.2, 0.25) is 11.8 Å². The number of pyridine rings is 1. The first-order valence-corrected chi connectivity index (χ1v) is 13.4. The maximum Gasteiger partial charge on any atom is 0.328 e. The monoisotopic (exact) mass is 617 g/mol. The first-order valence-electron chi connectivity index (χ1n) is 13.4. The lowest BCUT2D eigenvalue weighted by Crippen LogP contribution is -2.35. The molecule has 1 fully saturated rings. The molecule has 0 spiro atoms. The number of nitrogens with one attached hydrogen (secondary N) is 2. The number of nitrogens with zero attached hydrogens (tertiary/aromatic N) is 1. The van der Waals surface area contributed by atoms with Crippen molar-refractivity contribution in [2.45, 2.75) is 12.8 Å². The van der Waals surface area contributed by atoms with Crippen LogP contribution in [0.2, 0.25) is 0 Å². The number of rotatable bonds is 10. The molecule has 1 aliphatic rings. The van der Waals surface area contributed by atoms with E-state index in [1.807, 2.05) is 0 Å². The third kappa shape index (κ3) is 8.10.